The molecule has 1 N–H and O–H groups in total. The molecular weight excluding hydrogens is 248 g/mol. The van der Waals surface area contributed by atoms with Gasteiger partial charge in [-0.2, -0.15) is 0 Å². The summed E-state index contributed by atoms with van der Waals surface area (Å²) in [5, 5.41) is -0.603. The summed E-state index contributed by atoms with van der Waals surface area (Å²) in [7, 11) is -3.48. The molecule has 0 fully saturated rings. The Morgan fingerprint density at radius 1 is 1.18 bits per heavy atom. The molecule has 1 unspecified atom stereocenters. The number of hydrogen-bond donors (Lipinski definition) is 1. The zero-order chi connectivity index (χ0) is 13.2. The fraction of sp³-hybridized carbons (Fsp3) is 0.455. The maximum absolute atomic E-state index is 13.4. The van der Waals surface area contributed by atoms with Crippen LogP contribution >= 0.6 is 0 Å². The van der Waals surface area contributed by atoms with Gasteiger partial charge in [-0.1, -0.05) is 6.07 Å². The van der Waals surface area contributed by atoms with E-state index in [-0.39, 0.29) is 5.56 Å². The predicted molar refractivity (Wildman–Crippen MR) is 62.0 cm³/mol. The van der Waals surface area contributed by atoms with Gasteiger partial charge in [-0.25, -0.2) is 21.9 Å². The lowest BCUT2D eigenvalue weighted by molar-refractivity contribution is 0.535. The van der Waals surface area contributed by atoms with Crippen molar-refractivity contribution >= 4 is 10.0 Å². The Kier molecular flexibility index (Phi) is 4.21. The lowest BCUT2D eigenvalue weighted by Crippen LogP contribution is -2.33. The number of rotatable bonds is 4. The number of sulfonamides is 1. The molecular formula is C11H15F2NO2S. The SMILES string of the molecule is CC(NS(=O)(=O)C(C)C)c1ccc(F)cc1F. The summed E-state index contributed by atoms with van der Waals surface area (Å²) in [6.07, 6.45) is 0. The van der Waals surface area contributed by atoms with Crippen LogP contribution in [0.2, 0.25) is 0 Å². The smallest absolute Gasteiger partial charge is 0.212 e. The largest absolute Gasteiger partial charge is 0.214 e. The lowest BCUT2D eigenvalue weighted by Gasteiger charge is -2.17. The molecule has 0 radical (unpaired) electrons. The van der Waals surface area contributed by atoms with Crippen LogP contribution in [-0.4, -0.2) is 13.7 Å². The highest BCUT2D eigenvalue weighted by atomic mass is 32.2. The van der Waals surface area contributed by atoms with Crippen molar-refractivity contribution in [2.75, 3.05) is 0 Å². The summed E-state index contributed by atoms with van der Waals surface area (Å²) in [6, 6.07) is 2.33. The average molecular weight is 263 g/mol. The zero-order valence-corrected chi connectivity index (χ0v) is 10.7. The van der Waals surface area contributed by atoms with Gasteiger partial charge in [-0.05, 0) is 26.8 Å². The third-order valence-electron chi connectivity index (χ3n) is 2.39. The molecule has 0 heterocycles. The third kappa shape index (κ3) is 3.47. The number of nitrogens with one attached hydrogen (secondary N) is 1. The van der Waals surface area contributed by atoms with Gasteiger partial charge in [0.1, 0.15) is 11.6 Å². The Morgan fingerprint density at radius 3 is 2.24 bits per heavy atom. The summed E-state index contributed by atoms with van der Waals surface area (Å²) in [4.78, 5) is 0. The van der Waals surface area contributed by atoms with Crippen LogP contribution in [0.5, 0.6) is 0 Å². The van der Waals surface area contributed by atoms with Gasteiger partial charge in [0.05, 0.1) is 5.25 Å². The van der Waals surface area contributed by atoms with Crippen LogP contribution in [0.15, 0.2) is 18.2 Å². The number of halogens is 2. The van der Waals surface area contributed by atoms with Gasteiger partial charge in [0.15, 0.2) is 0 Å². The summed E-state index contributed by atoms with van der Waals surface area (Å²) < 4.78 is 51.6. The average Bonchev–Trinajstić information content (AvgIpc) is 2.15. The van der Waals surface area contributed by atoms with Crippen molar-refractivity contribution < 1.29 is 17.2 Å². The van der Waals surface area contributed by atoms with E-state index in [9.17, 15) is 17.2 Å². The molecule has 1 atom stereocenters. The van der Waals surface area contributed by atoms with Crippen LogP contribution in [0.25, 0.3) is 0 Å². The summed E-state index contributed by atoms with van der Waals surface area (Å²) in [5.41, 5.74) is 0.121. The lowest BCUT2D eigenvalue weighted by atomic mass is 10.1. The van der Waals surface area contributed by atoms with E-state index in [0.29, 0.717) is 0 Å². The molecule has 0 spiro atoms. The predicted octanol–water partition coefficient (Wildman–Crippen LogP) is 2.35. The molecule has 0 aliphatic carbocycles. The molecule has 1 aromatic carbocycles. The van der Waals surface area contributed by atoms with Crippen LogP contribution < -0.4 is 4.72 Å². The summed E-state index contributed by atoms with van der Waals surface area (Å²) in [5.74, 6) is -1.45. The Morgan fingerprint density at radius 2 is 1.76 bits per heavy atom. The molecule has 96 valence electrons. The van der Waals surface area contributed by atoms with Crippen molar-refractivity contribution in [3.8, 4) is 0 Å². The Balaban J connectivity index is 2.95. The van der Waals surface area contributed by atoms with E-state index in [1.807, 2.05) is 0 Å². The monoisotopic (exact) mass is 263 g/mol. The Bertz CT molecular complexity index is 500. The second-order valence-electron chi connectivity index (χ2n) is 4.10. The molecule has 0 aromatic heterocycles. The van der Waals surface area contributed by atoms with Gasteiger partial charge in [0.25, 0.3) is 0 Å². The minimum atomic E-state index is -3.48. The van der Waals surface area contributed by atoms with Crippen molar-refractivity contribution in [2.24, 2.45) is 0 Å². The van der Waals surface area contributed by atoms with Gasteiger partial charge >= 0.3 is 0 Å². The Labute approximate surface area is 99.9 Å². The first-order valence-corrected chi connectivity index (χ1v) is 6.74. The highest BCUT2D eigenvalue weighted by Gasteiger charge is 2.21. The highest BCUT2D eigenvalue weighted by molar-refractivity contribution is 7.90. The third-order valence-corrected chi connectivity index (χ3v) is 4.31. The van der Waals surface area contributed by atoms with E-state index in [1.165, 1.54) is 26.8 Å². The van der Waals surface area contributed by atoms with Crippen LogP contribution in [-0.2, 0) is 10.0 Å². The first-order valence-electron chi connectivity index (χ1n) is 5.20. The molecule has 0 bridgehead atoms. The van der Waals surface area contributed by atoms with Crippen LogP contribution in [0, 0.1) is 11.6 Å². The van der Waals surface area contributed by atoms with Crippen molar-refractivity contribution in [1.82, 2.24) is 4.72 Å². The van der Waals surface area contributed by atoms with Gasteiger partial charge < -0.3 is 0 Å². The number of hydrogen-bond acceptors (Lipinski definition) is 2. The first kappa shape index (κ1) is 14.1. The van der Waals surface area contributed by atoms with Crippen molar-refractivity contribution in [3.63, 3.8) is 0 Å². The molecule has 0 aliphatic heterocycles. The normalized spacial score (nSPS) is 14.0. The second-order valence-corrected chi connectivity index (χ2v) is 6.37. The zero-order valence-electron chi connectivity index (χ0n) is 9.87. The molecule has 0 amide bonds. The van der Waals surface area contributed by atoms with Crippen molar-refractivity contribution in [1.29, 1.82) is 0 Å². The van der Waals surface area contributed by atoms with Gasteiger partial charge in [-0.3, -0.25) is 0 Å². The van der Waals surface area contributed by atoms with Gasteiger partial charge in [0, 0.05) is 17.7 Å². The maximum atomic E-state index is 13.4. The molecule has 6 heteroatoms. The van der Waals surface area contributed by atoms with Crippen molar-refractivity contribution in [2.45, 2.75) is 32.1 Å². The van der Waals surface area contributed by atoms with Crippen LogP contribution in [0.4, 0.5) is 8.78 Å². The molecule has 0 aliphatic rings. The highest BCUT2D eigenvalue weighted by Crippen LogP contribution is 2.19. The van der Waals surface area contributed by atoms with Gasteiger partial charge in [0.2, 0.25) is 10.0 Å². The molecule has 0 saturated heterocycles. The minimum absolute atomic E-state index is 0.121. The van der Waals surface area contributed by atoms with E-state index in [4.69, 9.17) is 0 Å². The maximum Gasteiger partial charge on any atom is 0.214 e. The summed E-state index contributed by atoms with van der Waals surface area (Å²) >= 11 is 0. The van der Waals surface area contributed by atoms with E-state index in [1.54, 1.807) is 0 Å². The standard InChI is InChI=1S/C11H15F2NO2S/c1-7(2)17(15,16)14-8(3)10-5-4-9(12)6-11(10)13/h4-8,14H,1-3H3. The molecule has 17 heavy (non-hydrogen) atoms. The molecule has 0 saturated carbocycles. The molecule has 1 rings (SSSR count). The van der Waals surface area contributed by atoms with E-state index in [0.717, 1.165) is 12.1 Å². The Hall–Kier alpha value is -1.01. The first-order chi connectivity index (χ1) is 7.74. The quantitative estimate of drug-likeness (QED) is 0.906. The molecule has 3 nitrogen and oxygen atoms in total. The van der Waals surface area contributed by atoms with Crippen LogP contribution in [0.3, 0.4) is 0 Å². The second kappa shape index (κ2) is 5.10. The van der Waals surface area contributed by atoms with Gasteiger partial charge in [-0.15, -0.1) is 0 Å². The van der Waals surface area contributed by atoms with E-state index in [2.05, 4.69) is 4.72 Å². The minimum Gasteiger partial charge on any atom is -0.212 e. The molecule has 1 aromatic rings. The topological polar surface area (TPSA) is 46.2 Å². The van der Waals surface area contributed by atoms with Crippen LogP contribution in [0.1, 0.15) is 32.4 Å². The summed E-state index contributed by atoms with van der Waals surface area (Å²) in [6.45, 7) is 4.56. The fourth-order valence-corrected chi connectivity index (χ4v) is 2.19. The van der Waals surface area contributed by atoms with Crippen molar-refractivity contribution in [3.05, 3.63) is 35.4 Å². The van der Waals surface area contributed by atoms with E-state index < -0.39 is 32.9 Å². The number of benzene rings is 1. The van der Waals surface area contributed by atoms with E-state index >= 15 is 0 Å². The fourth-order valence-electron chi connectivity index (χ4n) is 1.30.